The van der Waals surface area contributed by atoms with Crippen molar-refractivity contribution in [3.63, 3.8) is 0 Å². The van der Waals surface area contributed by atoms with E-state index in [0.29, 0.717) is 29.5 Å². The summed E-state index contributed by atoms with van der Waals surface area (Å²) in [4.78, 5) is 43.0. The average Bonchev–Trinajstić information content (AvgIpc) is 2.77. The average molecular weight is 444 g/mol. The van der Waals surface area contributed by atoms with Gasteiger partial charge in [0, 0.05) is 28.7 Å². The smallest absolute Gasteiger partial charge is 0.250 e. The zero-order valence-electron chi connectivity index (χ0n) is 16.3. The van der Waals surface area contributed by atoms with Gasteiger partial charge in [-0.25, -0.2) is 0 Å². The number of anilines is 2. The number of amides is 3. The zero-order chi connectivity index (χ0) is 21.1. The first-order valence-corrected chi connectivity index (χ1v) is 11.2. The number of para-hydroxylation sites is 1. The van der Waals surface area contributed by atoms with Crippen LogP contribution in [0, 0.1) is 0 Å². The molecule has 6 nitrogen and oxygen atoms in total. The largest absolute Gasteiger partial charge is 0.341 e. The number of fused-ring (bicyclic) bond motifs is 1. The quantitative estimate of drug-likeness (QED) is 0.730. The van der Waals surface area contributed by atoms with Gasteiger partial charge < -0.3 is 15.1 Å². The fraction of sp³-hybridized carbons (Fsp3) is 0.318. The molecule has 1 fully saturated rings. The molecule has 0 spiro atoms. The summed E-state index contributed by atoms with van der Waals surface area (Å²) in [6.07, 6.45) is 3.03. The predicted octanol–water partition coefficient (Wildman–Crippen LogP) is 3.80. The summed E-state index contributed by atoms with van der Waals surface area (Å²) in [6.45, 7) is 1.20. The Morgan fingerprint density at radius 2 is 1.73 bits per heavy atom. The number of likely N-dealkylation sites (tertiary alicyclic amines) is 1. The Hall–Kier alpha value is -2.51. The highest BCUT2D eigenvalue weighted by Crippen LogP contribution is 2.40. The van der Waals surface area contributed by atoms with Gasteiger partial charge in [0.15, 0.2) is 5.25 Å². The molecular formula is C22H22ClN3O3S. The van der Waals surface area contributed by atoms with Gasteiger partial charge in [-0.2, -0.15) is 0 Å². The second kappa shape index (κ2) is 9.10. The summed E-state index contributed by atoms with van der Waals surface area (Å²) in [7, 11) is 0. The Kier molecular flexibility index (Phi) is 6.29. The number of halogens is 1. The number of carbonyl (C=O) groups excluding carboxylic acids is 3. The Labute approximate surface area is 184 Å². The highest BCUT2D eigenvalue weighted by Gasteiger charge is 2.40. The molecule has 0 saturated carbocycles. The van der Waals surface area contributed by atoms with Crippen molar-refractivity contribution in [2.75, 3.05) is 29.9 Å². The number of hydrogen-bond donors (Lipinski definition) is 1. The van der Waals surface area contributed by atoms with Crippen LogP contribution in [-0.2, 0) is 14.4 Å². The van der Waals surface area contributed by atoms with Crippen molar-refractivity contribution in [3.8, 4) is 0 Å². The Balaban J connectivity index is 1.54. The molecule has 0 aromatic heterocycles. The summed E-state index contributed by atoms with van der Waals surface area (Å²) in [5.41, 5.74) is 1.25. The number of piperidine rings is 1. The molecule has 2 aliphatic rings. The molecule has 156 valence electrons. The van der Waals surface area contributed by atoms with Gasteiger partial charge in [-0.3, -0.25) is 14.4 Å². The Morgan fingerprint density at radius 3 is 2.47 bits per heavy atom. The molecule has 1 N–H and O–H groups in total. The van der Waals surface area contributed by atoms with Gasteiger partial charge in [-0.15, -0.1) is 11.8 Å². The van der Waals surface area contributed by atoms with Crippen LogP contribution in [0.4, 0.5) is 11.4 Å². The third-order valence-corrected chi connectivity index (χ3v) is 6.70. The monoisotopic (exact) mass is 443 g/mol. The molecule has 0 unspecified atom stereocenters. The number of nitrogens with zero attached hydrogens (tertiary/aromatic N) is 2. The maximum Gasteiger partial charge on any atom is 0.250 e. The Morgan fingerprint density at radius 1 is 1.03 bits per heavy atom. The van der Waals surface area contributed by atoms with Crippen molar-refractivity contribution in [3.05, 3.63) is 53.6 Å². The van der Waals surface area contributed by atoms with Gasteiger partial charge in [0.1, 0.15) is 6.54 Å². The molecule has 30 heavy (non-hydrogen) atoms. The molecule has 2 aromatic rings. The lowest BCUT2D eigenvalue weighted by Crippen LogP contribution is -2.52. The van der Waals surface area contributed by atoms with Crippen molar-refractivity contribution in [2.24, 2.45) is 0 Å². The van der Waals surface area contributed by atoms with Crippen LogP contribution in [0.15, 0.2) is 53.4 Å². The van der Waals surface area contributed by atoms with Crippen molar-refractivity contribution < 1.29 is 14.4 Å². The number of hydrogen-bond acceptors (Lipinski definition) is 4. The SMILES string of the molecule is O=C(CN1C(=O)[C@H](C(=O)N2CCCCC2)Sc2ccccc21)Nc1ccc(Cl)cc1. The topological polar surface area (TPSA) is 69.7 Å². The standard InChI is InChI=1S/C22H22ClN3O3S/c23-15-8-10-16(11-9-15)24-19(27)14-26-17-6-2-3-7-18(17)30-20(22(26)29)21(28)25-12-4-1-5-13-25/h2-3,6-11,20H,1,4-5,12-14H2,(H,24,27)/t20-/m0/s1. The van der Waals surface area contributed by atoms with Crippen molar-refractivity contribution in [1.29, 1.82) is 0 Å². The van der Waals surface area contributed by atoms with Crippen LogP contribution in [0.5, 0.6) is 0 Å². The predicted molar refractivity (Wildman–Crippen MR) is 119 cm³/mol. The lowest BCUT2D eigenvalue weighted by atomic mass is 10.1. The van der Waals surface area contributed by atoms with E-state index in [9.17, 15) is 14.4 Å². The highest BCUT2D eigenvalue weighted by molar-refractivity contribution is 8.01. The van der Waals surface area contributed by atoms with Crippen LogP contribution in [0.3, 0.4) is 0 Å². The van der Waals surface area contributed by atoms with Crippen molar-refractivity contribution in [2.45, 2.75) is 29.4 Å². The summed E-state index contributed by atoms with van der Waals surface area (Å²) in [6, 6.07) is 14.1. The first kappa shape index (κ1) is 20.8. The summed E-state index contributed by atoms with van der Waals surface area (Å²) < 4.78 is 0. The van der Waals surface area contributed by atoms with Crippen molar-refractivity contribution >= 4 is 52.5 Å². The number of benzene rings is 2. The van der Waals surface area contributed by atoms with Gasteiger partial charge in [-0.1, -0.05) is 23.7 Å². The molecule has 0 radical (unpaired) electrons. The van der Waals surface area contributed by atoms with E-state index in [-0.39, 0.29) is 24.3 Å². The molecule has 2 aromatic carbocycles. The molecule has 0 bridgehead atoms. The normalized spacial score (nSPS) is 18.7. The molecule has 4 rings (SSSR count). The van der Waals surface area contributed by atoms with Gasteiger partial charge in [0.05, 0.1) is 5.69 Å². The van der Waals surface area contributed by atoms with E-state index in [1.54, 1.807) is 35.2 Å². The minimum Gasteiger partial charge on any atom is -0.341 e. The van der Waals surface area contributed by atoms with Crippen LogP contribution < -0.4 is 10.2 Å². The van der Waals surface area contributed by atoms with Crippen LogP contribution in [0.1, 0.15) is 19.3 Å². The molecule has 8 heteroatoms. The lowest BCUT2D eigenvalue weighted by Gasteiger charge is -2.36. The zero-order valence-corrected chi connectivity index (χ0v) is 17.9. The third-order valence-electron chi connectivity index (χ3n) is 5.21. The number of carbonyl (C=O) groups is 3. The molecular weight excluding hydrogens is 422 g/mol. The molecule has 1 atom stereocenters. The van der Waals surface area contributed by atoms with E-state index < -0.39 is 5.25 Å². The first-order valence-electron chi connectivity index (χ1n) is 9.94. The van der Waals surface area contributed by atoms with E-state index in [4.69, 9.17) is 11.6 Å². The van der Waals surface area contributed by atoms with E-state index in [1.165, 1.54) is 16.7 Å². The minimum absolute atomic E-state index is 0.164. The van der Waals surface area contributed by atoms with E-state index in [0.717, 1.165) is 24.2 Å². The Bertz CT molecular complexity index is 960. The van der Waals surface area contributed by atoms with Gasteiger partial charge >= 0.3 is 0 Å². The number of nitrogens with one attached hydrogen (secondary N) is 1. The first-order chi connectivity index (χ1) is 14.5. The summed E-state index contributed by atoms with van der Waals surface area (Å²) in [5.74, 6) is -0.848. The van der Waals surface area contributed by atoms with E-state index in [1.807, 2.05) is 18.2 Å². The second-order valence-corrected chi connectivity index (χ2v) is 8.91. The molecule has 1 saturated heterocycles. The van der Waals surface area contributed by atoms with Crippen LogP contribution >= 0.6 is 23.4 Å². The number of thioether (sulfide) groups is 1. The van der Waals surface area contributed by atoms with Crippen molar-refractivity contribution in [1.82, 2.24) is 4.90 Å². The van der Waals surface area contributed by atoms with Gasteiger partial charge in [0.2, 0.25) is 11.8 Å². The molecule has 0 aliphatic carbocycles. The van der Waals surface area contributed by atoms with Gasteiger partial charge in [0.25, 0.3) is 5.91 Å². The van der Waals surface area contributed by atoms with E-state index in [2.05, 4.69) is 5.32 Å². The van der Waals surface area contributed by atoms with Crippen LogP contribution in [0.2, 0.25) is 5.02 Å². The molecule has 2 aliphatic heterocycles. The van der Waals surface area contributed by atoms with Crippen LogP contribution in [0.25, 0.3) is 0 Å². The minimum atomic E-state index is -0.860. The van der Waals surface area contributed by atoms with E-state index >= 15 is 0 Å². The maximum atomic E-state index is 13.3. The third kappa shape index (κ3) is 4.47. The fourth-order valence-electron chi connectivity index (χ4n) is 3.69. The number of rotatable bonds is 4. The molecule has 2 heterocycles. The summed E-state index contributed by atoms with van der Waals surface area (Å²) in [5, 5.41) is 2.50. The maximum absolute atomic E-state index is 13.3. The van der Waals surface area contributed by atoms with Gasteiger partial charge in [-0.05, 0) is 55.7 Å². The van der Waals surface area contributed by atoms with Crippen LogP contribution in [-0.4, -0.2) is 47.5 Å². The molecule has 3 amide bonds. The highest BCUT2D eigenvalue weighted by atomic mass is 35.5. The fourth-order valence-corrected chi connectivity index (χ4v) is 5.01. The summed E-state index contributed by atoms with van der Waals surface area (Å²) >= 11 is 7.16. The second-order valence-electron chi connectivity index (χ2n) is 7.33. The lowest BCUT2D eigenvalue weighted by molar-refractivity contribution is -0.135.